The molecule has 3 aromatic rings. The average Bonchev–Trinajstić information content (AvgIpc) is 3.57. The molecule has 3 saturated heterocycles. The van der Waals surface area contributed by atoms with Gasteiger partial charge in [-0.1, -0.05) is 12.1 Å². The molecule has 0 aliphatic carbocycles. The number of imide groups is 1. The van der Waals surface area contributed by atoms with E-state index < -0.39 is 17.6 Å². The molecule has 4 aliphatic heterocycles. The highest BCUT2D eigenvalue weighted by atomic mass is 16.5. The summed E-state index contributed by atoms with van der Waals surface area (Å²) in [6.45, 7) is 7.59. The van der Waals surface area contributed by atoms with Gasteiger partial charge in [0, 0.05) is 74.3 Å². The predicted molar refractivity (Wildman–Crippen MR) is 167 cm³/mol. The Hall–Kier alpha value is -3.86. The highest BCUT2D eigenvalue weighted by Gasteiger charge is 2.43. The number of piperidine rings is 1. The fourth-order valence-electron chi connectivity index (χ4n) is 7.35. The summed E-state index contributed by atoms with van der Waals surface area (Å²) in [6, 6.07) is 15.5. The number of carbonyl (C=O) groups excluding carboxylic acids is 3. The first-order valence-electron chi connectivity index (χ1n) is 16.0. The lowest BCUT2D eigenvalue weighted by molar-refractivity contribution is -0.136. The van der Waals surface area contributed by atoms with Gasteiger partial charge in [0.25, 0.3) is 5.91 Å². The fourth-order valence-corrected chi connectivity index (χ4v) is 7.35. The van der Waals surface area contributed by atoms with E-state index in [1.54, 1.807) is 12.1 Å². The van der Waals surface area contributed by atoms with E-state index in [1.165, 1.54) is 10.5 Å². The smallest absolute Gasteiger partial charge is 0.255 e. The van der Waals surface area contributed by atoms with Gasteiger partial charge in [-0.15, -0.1) is 0 Å². The summed E-state index contributed by atoms with van der Waals surface area (Å²) in [5.74, 6) is 0.0172. The quantitative estimate of drug-likeness (QED) is 0.389. The first-order chi connectivity index (χ1) is 21.6. The Morgan fingerprint density at radius 3 is 2.62 bits per heavy atom. The van der Waals surface area contributed by atoms with Crippen molar-refractivity contribution in [2.45, 2.75) is 76.3 Å². The van der Waals surface area contributed by atoms with Crippen molar-refractivity contribution in [3.8, 4) is 5.75 Å². The van der Waals surface area contributed by atoms with E-state index in [-0.39, 0.29) is 36.8 Å². The number of pyridine rings is 1. The highest BCUT2D eigenvalue weighted by molar-refractivity contribution is 6.05. The van der Waals surface area contributed by atoms with Gasteiger partial charge in [0.2, 0.25) is 11.8 Å². The fraction of sp³-hybridized carbons (Fsp3) is 0.486. The number of carbonyl (C=O) groups is 3. The van der Waals surface area contributed by atoms with E-state index in [1.807, 2.05) is 19.9 Å². The molecule has 10 nitrogen and oxygen atoms in total. The zero-order valence-electron chi connectivity index (χ0n) is 25.8. The molecular formula is C35H40N4O6. The maximum absolute atomic E-state index is 13.1. The van der Waals surface area contributed by atoms with Gasteiger partial charge >= 0.3 is 0 Å². The minimum Gasteiger partial charge on any atom is -0.489 e. The van der Waals surface area contributed by atoms with Crippen molar-refractivity contribution in [1.82, 2.24) is 20.1 Å². The number of benzene rings is 2. The molecule has 0 radical (unpaired) electrons. The second-order valence-corrected chi connectivity index (χ2v) is 13.5. The molecule has 45 heavy (non-hydrogen) atoms. The number of rotatable bonds is 7. The van der Waals surface area contributed by atoms with Crippen molar-refractivity contribution in [1.29, 1.82) is 0 Å². The van der Waals surface area contributed by atoms with Gasteiger partial charge in [0.1, 0.15) is 17.9 Å². The molecule has 3 fully saturated rings. The molecule has 3 atom stereocenters. The van der Waals surface area contributed by atoms with Crippen molar-refractivity contribution >= 4 is 28.6 Å². The van der Waals surface area contributed by atoms with Gasteiger partial charge in [-0.25, -0.2) is 0 Å². The Morgan fingerprint density at radius 2 is 1.84 bits per heavy atom. The number of aromatic nitrogens is 1. The molecule has 10 heteroatoms. The summed E-state index contributed by atoms with van der Waals surface area (Å²) in [6.07, 6.45) is 2.32. The molecule has 1 aromatic heterocycles. The number of fused-ring (bicyclic) bond motifs is 2. The molecule has 7 rings (SSSR count). The SMILES string of the molecule is CC(C)(O)[C@@H]1CN(Cc2ccc3nc(C4CCOCC4)ccc3c2)C[C@H]1Oc1ccc2c(c1)CN([C@H]1CCC(=O)NC1=O)C2=O. The van der Waals surface area contributed by atoms with Crippen LogP contribution in [0.1, 0.15) is 72.6 Å². The summed E-state index contributed by atoms with van der Waals surface area (Å²) >= 11 is 0. The minimum absolute atomic E-state index is 0.128. The van der Waals surface area contributed by atoms with Crippen LogP contribution < -0.4 is 10.1 Å². The number of hydrogen-bond acceptors (Lipinski definition) is 8. The van der Waals surface area contributed by atoms with Crippen LogP contribution in [0.25, 0.3) is 10.9 Å². The van der Waals surface area contributed by atoms with E-state index in [4.69, 9.17) is 14.5 Å². The van der Waals surface area contributed by atoms with E-state index in [0.29, 0.717) is 36.7 Å². The topological polar surface area (TPSA) is 121 Å². The third-order valence-electron chi connectivity index (χ3n) is 9.85. The average molecular weight is 613 g/mol. The number of aliphatic hydroxyl groups is 1. The Bertz CT molecular complexity index is 1640. The number of amides is 3. The third kappa shape index (κ3) is 6.06. The largest absolute Gasteiger partial charge is 0.489 e. The van der Waals surface area contributed by atoms with Crippen LogP contribution in [0, 0.1) is 5.92 Å². The maximum atomic E-state index is 13.1. The Balaban J connectivity index is 1.04. The molecule has 0 spiro atoms. The van der Waals surface area contributed by atoms with Crippen molar-refractivity contribution in [2.75, 3.05) is 26.3 Å². The van der Waals surface area contributed by atoms with Gasteiger partial charge in [-0.05, 0) is 80.6 Å². The first kappa shape index (κ1) is 29.8. The zero-order chi connectivity index (χ0) is 31.3. The van der Waals surface area contributed by atoms with Gasteiger partial charge in [-0.2, -0.15) is 0 Å². The standard InChI is InChI=1S/C35H40N4O6/c1-35(2,43)27-19-38(17-21-3-7-29-23(15-21)4-8-28(36-29)22-11-13-44-14-12-22)20-31(27)45-25-5-6-26-24(16-25)18-39(34(26)42)30-9-10-32(40)37-33(30)41/h3-8,15-16,22,27,30-31,43H,9-14,17-20H2,1-2H3,(H,37,40,41)/t27-,30+,31-/m1/s1. The maximum Gasteiger partial charge on any atom is 0.255 e. The van der Waals surface area contributed by atoms with Crippen LogP contribution >= 0.6 is 0 Å². The van der Waals surface area contributed by atoms with Gasteiger partial charge in [0.05, 0.1) is 11.1 Å². The van der Waals surface area contributed by atoms with Gasteiger partial charge in [0.15, 0.2) is 0 Å². The first-order valence-corrected chi connectivity index (χ1v) is 16.0. The van der Waals surface area contributed by atoms with E-state index >= 15 is 0 Å². The van der Waals surface area contributed by atoms with Gasteiger partial charge in [-0.3, -0.25) is 29.6 Å². The lowest BCUT2D eigenvalue weighted by atomic mass is 9.88. The molecule has 4 aliphatic rings. The number of nitrogens with one attached hydrogen (secondary N) is 1. The van der Waals surface area contributed by atoms with Crippen LogP contribution in [-0.4, -0.2) is 81.7 Å². The normalized spacial score (nSPS) is 24.7. The molecule has 2 N–H and O–H groups in total. The molecule has 0 unspecified atom stereocenters. The van der Waals surface area contributed by atoms with Crippen LogP contribution in [-0.2, 0) is 27.4 Å². The third-order valence-corrected chi connectivity index (χ3v) is 9.85. The van der Waals surface area contributed by atoms with E-state index in [9.17, 15) is 19.5 Å². The van der Waals surface area contributed by atoms with Crippen LogP contribution in [0.5, 0.6) is 5.75 Å². The summed E-state index contributed by atoms with van der Waals surface area (Å²) in [5, 5.41) is 14.6. The van der Waals surface area contributed by atoms with Crippen LogP contribution in [0.3, 0.4) is 0 Å². The minimum atomic E-state index is -0.956. The summed E-state index contributed by atoms with van der Waals surface area (Å²) in [4.78, 5) is 46.0. The monoisotopic (exact) mass is 612 g/mol. The summed E-state index contributed by atoms with van der Waals surface area (Å²) in [5.41, 5.74) is 3.72. The van der Waals surface area contributed by atoms with E-state index in [2.05, 4.69) is 40.5 Å². The number of likely N-dealkylation sites (tertiary alicyclic amines) is 1. The van der Waals surface area contributed by atoms with Crippen molar-refractivity contribution in [3.05, 3.63) is 70.9 Å². The molecule has 0 bridgehead atoms. The van der Waals surface area contributed by atoms with Gasteiger partial charge < -0.3 is 19.5 Å². The molecule has 3 amide bonds. The van der Waals surface area contributed by atoms with Crippen molar-refractivity contribution < 1.29 is 29.0 Å². The highest BCUT2D eigenvalue weighted by Crippen LogP contribution is 2.35. The Kier molecular flexibility index (Phi) is 7.83. The molecule has 236 valence electrons. The summed E-state index contributed by atoms with van der Waals surface area (Å²) in [7, 11) is 0. The number of hydrogen-bond donors (Lipinski definition) is 2. The molecule has 0 saturated carbocycles. The predicted octanol–water partition coefficient (Wildman–Crippen LogP) is 3.54. The molecular weight excluding hydrogens is 572 g/mol. The summed E-state index contributed by atoms with van der Waals surface area (Å²) < 4.78 is 12.0. The molecule has 5 heterocycles. The van der Waals surface area contributed by atoms with Crippen LogP contribution in [0.15, 0.2) is 48.5 Å². The molecule has 2 aromatic carbocycles. The lowest BCUT2D eigenvalue weighted by Crippen LogP contribution is -2.52. The number of ether oxygens (including phenoxy) is 2. The lowest BCUT2D eigenvalue weighted by Gasteiger charge is -2.30. The second-order valence-electron chi connectivity index (χ2n) is 13.5. The second kappa shape index (κ2) is 11.8. The van der Waals surface area contributed by atoms with Crippen molar-refractivity contribution in [3.63, 3.8) is 0 Å². The Morgan fingerprint density at radius 1 is 1.02 bits per heavy atom. The van der Waals surface area contributed by atoms with Crippen molar-refractivity contribution in [2.24, 2.45) is 5.92 Å². The number of nitrogens with zero attached hydrogens (tertiary/aromatic N) is 3. The van der Waals surface area contributed by atoms with E-state index in [0.717, 1.165) is 54.8 Å². The zero-order valence-corrected chi connectivity index (χ0v) is 25.8. The van der Waals surface area contributed by atoms with Crippen LogP contribution in [0.2, 0.25) is 0 Å². The Labute approximate surface area is 262 Å². The van der Waals surface area contributed by atoms with Crippen LogP contribution in [0.4, 0.5) is 0 Å².